The number of carbonyl (C=O) groups excluding carboxylic acids is 1. The van der Waals surface area contributed by atoms with Crippen LogP contribution in [0.2, 0.25) is 0 Å². The number of nitro benzene ring substituents is 1. The van der Waals surface area contributed by atoms with E-state index >= 15 is 0 Å². The molecule has 7 heteroatoms. The second kappa shape index (κ2) is 5.21. The molecule has 0 radical (unpaired) electrons. The average Bonchev–Trinajstić information content (AvgIpc) is 2.54. The summed E-state index contributed by atoms with van der Waals surface area (Å²) in [5, 5.41) is 10.8. The SMILES string of the molecule is O=C(c1ccccc1)c1nc2ccc([N+](=O)[O-])cc2c(=O)[nH]1. The number of H-pyrrole nitrogens is 1. The van der Waals surface area contributed by atoms with E-state index in [4.69, 9.17) is 0 Å². The van der Waals surface area contributed by atoms with Gasteiger partial charge in [-0.3, -0.25) is 19.7 Å². The zero-order chi connectivity index (χ0) is 15.7. The number of fused-ring (bicyclic) bond motifs is 1. The molecule has 0 saturated heterocycles. The minimum atomic E-state index is -0.595. The van der Waals surface area contributed by atoms with E-state index in [0.29, 0.717) is 5.56 Å². The van der Waals surface area contributed by atoms with Gasteiger partial charge in [0.1, 0.15) is 0 Å². The highest BCUT2D eigenvalue weighted by atomic mass is 16.6. The van der Waals surface area contributed by atoms with Crippen LogP contribution in [0.25, 0.3) is 10.9 Å². The van der Waals surface area contributed by atoms with Crippen molar-refractivity contribution >= 4 is 22.4 Å². The minimum Gasteiger partial charge on any atom is -0.303 e. The third kappa shape index (κ3) is 2.35. The Bertz CT molecular complexity index is 948. The molecule has 0 unspecified atom stereocenters. The van der Waals surface area contributed by atoms with Gasteiger partial charge in [0.2, 0.25) is 5.78 Å². The molecule has 0 spiro atoms. The maximum Gasteiger partial charge on any atom is 0.270 e. The second-order valence-corrected chi connectivity index (χ2v) is 4.57. The molecule has 0 bridgehead atoms. The van der Waals surface area contributed by atoms with Crippen molar-refractivity contribution in [1.82, 2.24) is 9.97 Å². The van der Waals surface area contributed by atoms with Crippen LogP contribution in [0.3, 0.4) is 0 Å². The van der Waals surface area contributed by atoms with Gasteiger partial charge in [-0.15, -0.1) is 0 Å². The van der Waals surface area contributed by atoms with Crippen molar-refractivity contribution in [2.75, 3.05) is 0 Å². The van der Waals surface area contributed by atoms with E-state index < -0.39 is 16.3 Å². The monoisotopic (exact) mass is 295 g/mol. The number of non-ortho nitro benzene ring substituents is 1. The zero-order valence-corrected chi connectivity index (χ0v) is 11.1. The van der Waals surface area contributed by atoms with Gasteiger partial charge in [0.15, 0.2) is 5.82 Å². The fraction of sp³-hybridized carbons (Fsp3) is 0. The van der Waals surface area contributed by atoms with Gasteiger partial charge in [0.05, 0.1) is 15.8 Å². The molecular formula is C15H9N3O4. The first kappa shape index (κ1) is 13.6. The Morgan fingerprint density at radius 1 is 1.14 bits per heavy atom. The summed E-state index contributed by atoms with van der Waals surface area (Å²) in [6.07, 6.45) is 0. The summed E-state index contributed by atoms with van der Waals surface area (Å²) < 4.78 is 0. The molecule has 0 saturated carbocycles. The molecule has 0 fully saturated rings. The number of benzene rings is 2. The third-order valence-corrected chi connectivity index (χ3v) is 3.15. The van der Waals surface area contributed by atoms with Crippen molar-refractivity contribution in [2.45, 2.75) is 0 Å². The highest BCUT2D eigenvalue weighted by Crippen LogP contribution is 2.17. The highest BCUT2D eigenvalue weighted by molar-refractivity contribution is 6.07. The van der Waals surface area contributed by atoms with E-state index in [2.05, 4.69) is 9.97 Å². The Morgan fingerprint density at radius 2 is 1.86 bits per heavy atom. The molecule has 3 rings (SSSR count). The van der Waals surface area contributed by atoms with Crippen LogP contribution < -0.4 is 5.56 Å². The van der Waals surface area contributed by atoms with E-state index in [0.717, 1.165) is 6.07 Å². The Hall–Kier alpha value is -3.35. The number of nitrogens with zero attached hydrogens (tertiary/aromatic N) is 2. The first-order valence-electron chi connectivity index (χ1n) is 6.34. The Kier molecular flexibility index (Phi) is 3.23. The van der Waals surface area contributed by atoms with Crippen LogP contribution in [-0.4, -0.2) is 20.7 Å². The molecule has 0 aliphatic carbocycles. The van der Waals surface area contributed by atoms with E-state index in [1.165, 1.54) is 12.1 Å². The second-order valence-electron chi connectivity index (χ2n) is 4.57. The van der Waals surface area contributed by atoms with Gasteiger partial charge in [-0.25, -0.2) is 4.98 Å². The van der Waals surface area contributed by atoms with Gasteiger partial charge in [-0.1, -0.05) is 30.3 Å². The number of aromatic amines is 1. The van der Waals surface area contributed by atoms with E-state index in [1.54, 1.807) is 30.3 Å². The van der Waals surface area contributed by atoms with Crippen LogP contribution in [0.15, 0.2) is 53.3 Å². The number of carbonyl (C=O) groups is 1. The number of nitrogens with one attached hydrogen (secondary N) is 1. The first-order valence-corrected chi connectivity index (χ1v) is 6.34. The smallest absolute Gasteiger partial charge is 0.270 e. The van der Waals surface area contributed by atoms with Crippen LogP contribution in [0.5, 0.6) is 0 Å². The molecular weight excluding hydrogens is 286 g/mol. The summed E-state index contributed by atoms with van der Waals surface area (Å²) in [5.74, 6) is -0.518. The fourth-order valence-electron chi connectivity index (χ4n) is 2.07. The molecule has 1 aromatic heterocycles. The maximum atomic E-state index is 12.3. The van der Waals surface area contributed by atoms with Crippen molar-refractivity contribution in [3.63, 3.8) is 0 Å². The van der Waals surface area contributed by atoms with Crippen LogP contribution in [0, 0.1) is 10.1 Å². The minimum absolute atomic E-state index is 0.0683. The number of rotatable bonds is 3. The predicted octanol–water partition coefficient (Wildman–Crippen LogP) is 2.06. The van der Waals surface area contributed by atoms with Crippen molar-refractivity contribution in [2.24, 2.45) is 0 Å². The van der Waals surface area contributed by atoms with E-state index in [-0.39, 0.29) is 22.4 Å². The number of hydrogen-bond donors (Lipinski definition) is 1. The number of hydrogen-bond acceptors (Lipinski definition) is 5. The van der Waals surface area contributed by atoms with E-state index in [1.807, 2.05) is 0 Å². The summed E-state index contributed by atoms with van der Waals surface area (Å²) >= 11 is 0. The van der Waals surface area contributed by atoms with Gasteiger partial charge >= 0.3 is 0 Å². The van der Waals surface area contributed by atoms with Gasteiger partial charge < -0.3 is 4.98 Å². The quantitative estimate of drug-likeness (QED) is 0.452. The molecule has 1 heterocycles. The molecule has 1 N–H and O–H groups in total. The van der Waals surface area contributed by atoms with Gasteiger partial charge in [-0.05, 0) is 6.07 Å². The maximum absolute atomic E-state index is 12.3. The Labute approximate surface area is 123 Å². The lowest BCUT2D eigenvalue weighted by atomic mass is 10.1. The van der Waals surface area contributed by atoms with Gasteiger partial charge in [0, 0.05) is 17.7 Å². The normalized spacial score (nSPS) is 10.5. The molecule has 0 amide bonds. The summed E-state index contributed by atoms with van der Waals surface area (Å²) in [7, 11) is 0. The number of nitro groups is 1. The van der Waals surface area contributed by atoms with Crippen LogP contribution >= 0.6 is 0 Å². The van der Waals surface area contributed by atoms with Gasteiger partial charge in [0.25, 0.3) is 11.2 Å². The molecule has 0 atom stereocenters. The molecule has 108 valence electrons. The lowest BCUT2D eigenvalue weighted by molar-refractivity contribution is -0.384. The number of ketones is 1. The largest absolute Gasteiger partial charge is 0.303 e. The molecule has 2 aromatic carbocycles. The van der Waals surface area contributed by atoms with Crippen LogP contribution in [0.4, 0.5) is 5.69 Å². The molecule has 0 aliphatic rings. The summed E-state index contributed by atoms with van der Waals surface area (Å²) in [4.78, 5) is 40.9. The van der Waals surface area contributed by atoms with Crippen LogP contribution in [-0.2, 0) is 0 Å². The topological polar surface area (TPSA) is 106 Å². The lowest BCUT2D eigenvalue weighted by Gasteiger charge is -2.02. The van der Waals surface area contributed by atoms with Crippen molar-refractivity contribution in [3.8, 4) is 0 Å². The fourth-order valence-corrected chi connectivity index (χ4v) is 2.07. The third-order valence-electron chi connectivity index (χ3n) is 3.15. The molecule has 0 aliphatic heterocycles. The molecule has 22 heavy (non-hydrogen) atoms. The summed E-state index contributed by atoms with van der Waals surface area (Å²) in [6, 6.07) is 12.1. The highest BCUT2D eigenvalue weighted by Gasteiger charge is 2.15. The van der Waals surface area contributed by atoms with Gasteiger partial charge in [-0.2, -0.15) is 0 Å². The number of aromatic nitrogens is 2. The Balaban J connectivity index is 2.14. The zero-order valence-electron chi connectivity index (χ0n) is 11.1. The standard InChI is InChI=1S/C15H9N3O4/c19-13(9-4-2-1-3-5-9)14-16-12-7-6-10(18(21)22)8-11(12)15(20)17-14/h1-8H,(H,16,17,20). The average molecular weight is 295 g/mol. The molecule has 7 nitrogen and oxygen atoms in total. The first-order chi connectivity index (χ1) is 10.6. The van der Waals surface area contributed by atoms with Crippen molar-refractivity contribution in [1.29, 1.82) is 0 Å². The molecule has 3 aromatic rings. The van der Waals surface area contributed by atoms with Crippen molar-refractivity contribution in [3.05, 3.63) is 80.4 Å². The predicted molar refractivity (Wildman–Crippen MR) is 78.9 cm³/mol. The van der Waals surface area contributed by atoms with Crippen molar-refractivity contribution < 1.29 is 9.72 Å². The van der Waals surface area contributed by atoms with Crippen LogP contribution in [0.1, 0.15) is 16.2 Å². The summed E-state index contributed by atoms with van der Waals surface area (Å²) in [6.45, 7) is 0. The Morgan fingerprint density at radius 3 is 2.55 bits per heavy atom. The lowest BCUT2D eigenvalue weighted by Crippen LogP contribution is -2.16. The summed E-state index contributed by atoms with van der Waals surface area (Å²) in [5.41, 5.74) is -0.171. The van der Waals surface area contributed by atoms with E-state index in [9.17, 15) is 19.7 Å².